The second-order valence-electron chi connectivity index (χ2n) is 4.97. The summed E-state index contributed by atoms with van der Waals surface area (Å²) in [5, 5.41) is 12.7. The van der Waals surface area contributed by atoms with Crippen LogP contribution in [0.5, 0.6) is 0 Å². The summed E-state index contributed by atoms with van der Waals surface area (Å²) in [6, 6.07) is 3.91. The number of aliphatic hydroxyl groups is 1. The number of hydrogen-bond donors (Lipinski definition) is 2. The summed E-state index contributed by atoms with van der Waals surface area (Å²) in [6.07, 6.45) is 1.56. The van der Waals surface area contributed by atoms with E-state index in [0.29, 0.717) is 17.9 Å². The molecule has 1 amide bonds. The van der Waals surface area contributed by atoms with Gasteiger partial charge in [-0.25, -0.2) is 4.39 Å². The summed E-state index contributed by atoms with van der Waals surface area (Å²) >= 11 is 5.96. The second-order valence-corrected chi connectivity index (χ2v) is 5.38. The SMILES string of the molecule is CC(NC(=O)C1CCCC1O)c1c(F)cccc1Cl. The van der Waals surface area contributed by atoms with E-state index in [9.17, 15) is 14.3 Å². The normalized spacial score (nSPS) is 24.2. The van der Waals surface area contributed by atoms with E-state index in [2.05, 4.69) is 5.32 Å². The fourth-order valence-electron chi connectivity index (χ4n) is 2.56. The molecule has 2 rings (SSSR count). The lowest BCUT2D eigenvalue weighted by Gasteiger charge is -2.20. The highest BCUT2D eigenvalue weighted by atomic mass is 35.5. The number of carbonyl (C=O) groups is 1. The van der Waals surface area contributed by atoms with Crippen molar-refractivity contribution in [2.24, 2.45) is 5.92 Å². The molecule has 1 aromatic carbocycles. The van der Waals surface area contributed by atoms with Crippen molar-refractivity contribution in [3.63, 3.8) is 0 Å². The Morgan fingerprint density at radius 3 is 2.84 bits per heavy atom. The maximum atomic E-state index is 13.7. The van der Waals surface area contributed by atoms with Gasteiger partial charge in [-0.1, -0.05) is 17.7 Å². The topological polar surface area (TPSA) is 49.3 Å². The zero-order valence-corrected chi connectivity index (χ0v) is 11.5. The zero-order chi connectivity index (χ0) is 14.0. The summed E-state index contributed by atoms with van der Waals surface area (Å²) in [5.74, 6) is -1.07. The molecule has 104 valence electrons. The molecule has 0 saturated heterocycles. The van der Waals surface area contributed by atoms with Gasteiger partial charge < -0.3 is 10.4 Å². The van der Waals surface area contributed by atoms with Crippen LogP contribution in [-0.2, 0) is 4.79 Å². The van der Waals surface area contributed by atoms with Crippen LogP contribution >= 0.6 is 11.6 Å². The van der Waals surface area contributed by atoms with Crippen LogP contribution in [-0.4, -0.2) is 17.1 Å². The van der Waals surface area contributed by atoms with Gasteiger partial charge in [0.05, 0.1) is 18.1 Å². The van der Waals surface area contributed by atoms with Gasteiger partial charge in [-0.15, -0.1) is 0 Å². The summed E-state index contributed by atoms with van der Waals surface area (Å²) in [7, 11) is 0. The van der Waals surface area contributed by atoms with E-state index >= 15 is 0 Å². The first-order chi connectivity index (χ1) is 9.00. The van der Waals surface area contributed by atoms with Crippen LogP contribution < -0.4 is 5.32 Å². The molecule has 1 aliphatic carbocycles. The molecule has 1 aliphatic rings. The third-order valence-electron chi connectivity index (χ3n) is 3.61. The molecule has 3 unspecified atom stereocenters. The number of halogens is 2. The van der Waals surface area contributed by atoms with E-state index in [-0.39, 0.29) is 11.5 Å². The third kappa shape index (κ3) is 3.07. The minimum absolute atomic E-state index is 0.239. The summed E-state index contributed by atoms with van der Waals surface area (Å²) in [4.78, 5) is 12.0. The number of benzene rings is 1. The van der Waals surface area contributed by atoms with Gasteiger partial charge in [0.1, 0.15) is 5.82 Å². The monoisotopic (exact) mass is 285 g/mol. The highest BCUT2D eigenvalue weighted by Crippen LogP contribution is 2.29. The quantitative estimate of drug-likeness (QED) is 0.897. The highest BCUT2D eigenvalue weighted by molar-refractivity contribution is 6.31. The predicted molar refractivity (Wildman–Crippen MR) is 71.3 cm³/mol. The van der Waals surface area contributed by atoms with Gasteiger partial charge in [-0.3, -0.25) is 4.79 Å². The summed E-state index contributed by atoms with van der Waals surface area (Å²) in [6.45, 7) is 1.68. The number of hydrogen-bond acceptors (Lipinski definition) is 2. The number of nitrogens with one attached hydrogen (secondary N) is 1. The molecule has 1 aromatic rings. The Morgan fingerprint density at radius 1 is 1.53 bits per heavy atom. The Kier molecular flexibility index (Phi) is 4.42. The second kappa shape index (κ2) is 5.88. The molecule has 0 radical (unpaired) electrons. The molecule has 1 fully saturated rings. The number of amides is 1. The number of rotatable bonds is 3. The van der Waals surface area contributed by atoms with Gasteiger partial charge in [-0.05, 0) is 38.3 Å². The molecule has 0 aromatic heterocycles. The minimum Gasteiger partial charge on any atom is -0.392 e. The third-order valence-corrected chi connectivity index (χ3v) is 3.94. The lowest BCUT2D eigenvalue weighted by Crippen LogP contribution is -2.36. The first-order valence-corrected chi connectivity index (χ1v) is 6.81. The Balaban J connectivity index is 2.08. The predicted octanol–water partition coefficient (Wildman–Crippen LogP) is 2.82. The van der Waals surface area contributed by atoms with Gasteiger partial charge in [0, 0.05) is 10.6 Å². The fraction of sp³-hybridized carbons (Fsp3) is 0.500. The van der Waals surface area contributed by atoms with Crippen LogP contribution in [0.3, 0.4) is 0 Å². The van der Waals surface area contributed by atoms with Gasteiger partial charge in [0.15, 0.2) is 0 Å². The van der Waals surface area contributed by atoms with E-state index in [4.69, 9.17) is 11.6 Å². The van der Waals surface area contributed by atoms with E-state index < -0.39 is 23.9 Å². The maximum absolute atomic E-state index is 13.7. The standard InChI is InChI=1S/C14H17ClFNO2/c1-8(13-10(15)5-3-6-11(13)16)17-14(19)9-4-2-7-12(9)18/h3,5-6,8-9,12,18H,2,4,7H2,1H3,(H,17,19). The van der Waals surface area contributed by atoms with Crippen LogP contribution in [0.2, 0.25) is 5.02 Å². The molecule has 0 bridgehead atoms. The van der Waals surface area contributed by atoms with Crippen LogP contribution in [0, 0.1) is 11.7 Å². The first-order valence-electron chi connectivity index (χ1n) is 6.43. The average molecular weight is 286 g/mol. The summed E-state index contributed by atoms with van der Waals surface area (Å²) < 4.78 is 13.7. The van der Waals surface area contributed by atoms with Crippen molar-refractivity contribution < 1.29 is 14.3 Å². The van der Waals surface area contributed by atoms with E-state index in [1.807, 2.05) is 0 Å². The van der Waals surface area contributed by atoms with Gasteiger partial charge in [0.2, 0.25) is 5.91 Å². The zero-order valence-electron chi connectivity index (χ0n) is 10.7. The molecule has 1 saturated carbocycles. The average Bonchev–Trinajstić information content (AvgIpc) is 2.75. The van der Waals surface area contributed by atoms with E-state index in [1.165, 1.54) is 12.1 Å². The Hall–Kier alpha value is -1.13. The van der Waals surface area contributed by atoms with Crippen LogP contribution in [0.4, 0.5) is 4.39 Å². The van der Waals surface area contributed by atoms with E-state index in [1.54, 1.807) is 13.0 Å². The van der Waals surface area contributed by atoms with Crippen LogP contribution in [0.25, 0.3) is 0 Å². The lowest BCUT2D eigenvalue weighted by atomic mass is 10.0. The Bertz CT molecular complexity index is 460. The Morgan fingerprint density at radius 2 is 2.26 bits per heavy atom. The maximum Gasteiger partial charge on any atom is 0.226 e. The molecule has 3 nitrogen and oxygen atoms in total. The number of carbonyl (C=O) groups excluding carboxylic acids is 1. The van der Waals surface area contributed by atoms with Crippen molar-refractivity contribution in [2.75, 3.05) is 0 Å². The molecule has 3 atom stereocenters. The van der Waals surface area contributed by atoms with Gasteiger partial charge >= 0.3 is 0 Å². The first kappa shape index (κ1) is 14.3. The van der Waals surface area contributed by atoms with E-state index in [0.717, 1.165) is 6.42 Å². The van der Waals surface area contributed by atoms with Crippen molar-refractivity contribution in [1.29, 1.82) is 0 Å². The highest BCUT2D eigenvalue weighted by Gasteiger charge is 2.32. The largest absolute Gasteiger partial charge is 0.392 e. The van der Waals surface area contributed by atoms with Gasteiger partial charge in [0.25, 0.3) is 0 Å². The fourth-order valence-corrected chi connectivity index (χ4v) is 2.89. The van der Waals surface area contributed by atoms with Crippen molar-refractivity contribution in [3.05, 3.63) is 34.6 Å². The molecule has 2 N–H and O–H groups in total. The van der Waals surface area contributed by atoms with Crippen molar-refractivity contribution in [3.8, 4) is 0 Å². The number of aliphatic hydroxyl groups excluding tert-OH is 1. The lowest BCUT2D eigenvalue weighted by molar-refractivity contribution is -0.128. The molecule has 0 heterocycles. The minimum atomic E-state index is -0.594. The molecule has 19 heavy (non-hydrogen) atoms. The van der Waals surface area contributed by atoms with Crippen LogP contribution in [0.1, 0.15) is 37.8 Å². The van der Waals surface area contributed by atoms with Crippen molar-refractivity contribution >= 4 is 17.5 Å². The molecule has 0 spiro atoms. The van der Waals surface area contributed by atoms with Crippen molar-refractivity contribution in [1.82, 2.24) is 5.32 Å². The molecule has 0 aliphatic heterocycles. The van der Waals surface area contributed by atoms with Gasteiger partial charge in [-0.2, -0.15) is 0 Å². The smallest absolute Gasteiger partial charge is 0.226 e. The molecular formula is C14H17ClFNO2. The summed E-state index contributed by atoms with van der Waals surface area (Å²) in [5.41, 5.74) is 0.282. The van der Waals surface area contributed by atoms with Crippen LogP contribution in [0.15, 0.2) is 18.2 Å². The van der Waals surface area contributed by atoms with Crippen molar-refractivity contribution in [2.45, 2.75) is 38.3 Å². The molecular weight excluding hydrogens is 269 g/mol. The molecule has 5 heteroatoms. The Labute approximate surface area is 116 Å².